The molecule has 5 aromatic carbocycles. The molecule has 5 aromatic rings. The molecule has 0 amide bonds. The van der Waals surface area contributed by atoms with Crippen LogP contribution in [0.3, 0.4) is 0 Å². The van der Waals surface area contributed by atoms with Crippen molar-refractivity contribution in [2.24, 2.45) is 0 Å². The van der Waals surface area contributed by atoms with Crippen molar-refractivity contribution < 1.29 is 29.3 Å². The first-order chi connectivity index (χ1) is 24.7. The second kappa shape index (κ2) is 19.1. The number of hydrogen-bond acceptors (Lipinski definition) is 7. The number of phenolic OH excluding ortho intramolecular Hbond substituents is 2. The standard InChI is InChI=1S/C25H23NO3.C18H19BrO3/c1-3-7-23-24(13-12-21(17(2)27)25(23)28)29-16-18-8-6-10-19(14-18)22-11-5-4-9-20(22)15-26;1-2-4-16-17(8-7-14(9-10-20)18(16)21)22-12-13-5-3-6-15(19)11-13/h4-6,8-14,28H,3,7,16H2,1-2H3;3,5-8,10-11,21H,2,4,9,12H2,1H3. The second-order valence-corrected chi connectivity index (χ2v) is 12.9. The maximum Gasteiger partial charge on any atom is 0.163 e. The smallest absolute Gasteiger partial charge is 0.163 e. The summed E-state index contributed by atoms with van der Waals surface area (Å²) in [5.41, 5.74) is 6.85. The van der Waals surface area contributed by atoms with Gasteiger partial charge in [0, 0.05) is 27.6 Å². The lowest BCUT2D eigenvalue weighted by atomic mass is 9.99. The van der Waals surface area contributed by atoms with Crippen LogP contribution in [0.5, 0.6) is 23.0 Å². The number of Topliss-reactive ketones (excluding diaryl/α,β-unsaturated/α-hetero) is 1. The summed E-state index contributed by atoms with van der Waals surface area (Å²) in [6, 6.07) is 32.4. The third-order valence-corrected chi connectivity index (χ3v) is 8.70. The Labute approximate surface area is 308 Å². The Kier molecular flexibility index (Phi) is 14.4. The van der Waals surface area contributed by atoms with E-state index in [0.29, 0.717) is 59.8 Å². The Balaban J connectivity index is 0.000000238. The second-order valence-electron chi connectivity index (χ2n) is 12.0. The van der Waals surface area contributed by atoms with E-state index in [0.717, 1.165) is 51.4 Å². The first kappa shape index (κ1) is 38.4. The minimum atomic E-state index is -0.171. The molecule has 0 aliphatic carbocycles. The number of carbonyl (C=O) groups excluding carboxylic acids is 2. The van der Waals surface area contributed by atoms with Gasteiger partial charge in [0.2, 0.25) is 0 Å². The number of aldehydes is 1. The van der Waals surface area contributed by atoms with Crippen LogP contribution in [0.1, 0.15) is 77.4 Å². The molecule has 0 spiro atoms. The summed E-state index contributed by atoms with van der Waals surface area (Å²) in [5, 5.41) is 30.2. The fourth-order valence-corrected chi connectivity index (χ4v) is 6.13. The molecular weight excluding hydrogens is 706 g/mol. The predicted octanol–water partition coefficient (Wildman–Crippen LogP) is 10.1. The van der Waals surface area contributed by atoms with Gasteiger partial charge in [0.05, 0.1) is 17.2 Å². The van der Waals surface area contributed by atoms with Gasteiger partial charge in [-0.25, -0.2) is 0 Å². The van der Waals surface area contributed by atoms with E-state index in [1.54, 1.807) is 24.3 Å². The van der Waals surface area contributed by atoms with Crippen LogP contribution < -0.4 is 9.47 Å². The molecule has 262 valence electrons. The monoisotopic (exact) mass is 747 g/mol. The predicted molar refractivity (Wildman–Crippen MR) is 203 cm³/mol. The number of ketones is 1. The van der Waals surface area contributed by atoms with Crippen molar-refractivity contribution in [3.8, 4) is 40.2 Å². The molecule has 0 aromatic heterocycles. The van der Waals surface area contributed by atoms with Gasteiger partial charge in [0.15, 0.2) is 5.78 Å². The lowest BCUT2D eigenvalue weighted by Gasteiger charge is -2.15. The number of aromatic hydroxyl groups is 2. The van der Waals surface area contributed by atoms with Crippen molar-refractivity contribution in [1.29, 1.82) is 5.26 Å². The van der Waals surface area contributed by atoms with Gasteiger partial charge in [0.25, 0.3) is 0 Å². The molecule has 0 bridgehead atoms. The first-order valence-corrected chi connectivity index (χ1v) is 17.7. The summed E-state index contributed by atoms with van der Waals surface area (Å²) >= 11 is 3.44. The molecule has 0 radical (unpaired) electrons. The van der Waals surface area contributed by atoms with Gasteiger partial charge >= 0.3 is 0 Å². The van der Waals surface area contributed by atoms with Gasteiger partial charge in [-0.1, -0.05) is 97.2 Å². The van der Waals surface area contributed by atoms with E-state index in [2.05, 4.69) is 22.0 Å². The zero-order chi connectivity index (χ0) is 36.8. The van der Waals surface area contributed by atoms with Crippen molar-refractivity contribution in [2.45, 2.75) is 66.1 Å². The van der Waals surface area contributed by atoms with Gasteiger partial charge in [-0.05, 0) is 84.5 Å². The summed E-state index contributed by atoms with van der Waals surface area (Å²) in [4.78, 5) is 22.4. The van der Waals surface area contributed by atoms with Crippen LogP contribution in [0.4, 0.5) is 0 Å². The van der Waals surface area contributed by atoms with Crippen molar-refractivity contribution >= 4 is 28.0 Å². The van der Waals surface area contributed by atoms with Crippen LogP contribution in [0.25, 0.3) is 11.1 Å². The van der Waals surface area contributed by atoms with Gasteiger partial charge in [-0.15, -0.1) is 0 Å². The molecule has 0 saturated carbocycles. The van der Waals surface area contributed by atoms with Gasteiger partial charge < -0.3 is 24.5 Å². The molecule has 0 atom stereocenters. The maximum absolute atomic E-state index is 11.7. The fraction of sp³-hybridized carbons (Fsp3) is 0.233. The number of nitriles is 1. The Hall–Kier alpha value is -5.39. The van der Waals surface area contributed by atoms with Gasteiger partial charge in [-0.2, -0.15) is 5.26 Å². The summed E-state index contributed by atoms with van der Waals surface area (Å²) in [6.45, 7) is 6.25. The van der Waals surface area contributed by atoms with E-state index in [-0.39, 0.29) is 23.7 Å². The Morgan fingerprint density at radius 2 is 1.39 bits per heavy atom. The van der Waals surface area contributed by atoms with Gasteiger partial charge in [0.1, 0.15) is 42.5 Å². The lowest BCUT2D eigenvalue weighted by Crippen LogP contribution is -2.02. The van der Waals surface area contributed by atoms with Gasteiger partial charge in [-0.3, -0.25) is 4.79 Å². The molecule has 0 heterocycles. The van der Waals surface area contributed by atoms with Crippen LogP contribution >= 0.6 is 15.9 Å². The molecule has 0 aliphatic heterocycles. The average molecular weight is 749 g/mol. The molecule has 0 aliphatic rings. The van der Waals surface area contributed by atoms with Crippen LogP contribution in [-0.2, 0) is 37.3 Å². The van der Waals surface area contributed by atoms with Crippen LogP contribution in [0.15, 0.2) is 102 Å². The minimum absolute atomic E-state index is 0.00792. The van der Waals surface area contributed by atoms with E-state index in [9.17, 15) is 25.1 Å². The minimum Gasteiger partial charge on any atom is -0.507 e. The van der Waals surface area contributed by atoms with Crippen molar-refractivity contribution in [2.75, 3.05) is 0 Å². The molecule has 0 unspecified atom stereocenters. The molecule has 5 rings (SSSR count). The molecule has 0 fully saturated rings. The Morgan fingerprint density at radius 1 is 0.784 bits per heavy atom. The SMILES string of the molecule is CCCc1c(OCc2cccc(-c3ccccc3C#N)c2)ccc(C(C)=O)c1O.CCCc1c(OCc2cccc(Br)c2)ccc(CC=O)c1O. The van der Waals surface area contributed by atoms with Crippen LogP contribution in [0, 0.1) is 11.3 Å². The maximum atomic E-state index is 11.7. The first-order valence-electron chi connectivity index (χ1n) is 16.9. The molecule has 7 nitrogen and oxygen atoms in total. The molecule has 0 saturated heterocycles. The molecule has 51 heavy (non-hydrogen) atoms. The zero-order valence-electron chi connectivity index (χ0n) is 29.1. The summed E-state index contributed by atoms with van der Waals surface area (Å²) in [7, 11) is 0. The third-order valence-electron chi connectivity index (χ3n) is 8.21. The summed E-state index contributed by atoms with van der Waals surface area (Å²) in [5.74, 6) is 1.27. The number of hydrogen-bond donors (Lipinski definition) is 2. The zero-order valence-corrected chi connectivity index (χ0v) is 30.7. The third kappa shape index (κ3) is 10.3. The summed E-state index contributed by atoms with van der Waals surface area (Å²) < 4.78 is 12.9. The highest BCUT2D eigenvalue weighted by atomic mass is 79.9. The summed E-state index contributed by atoms with van der Waals surface area (Å²) in [6.07, 6.45) is 4.07. The fourth-order valence-electron chi connectivity index (χ4n) is 5.69. The number of carbonyl (C=O) groups is 2. The van der Waals surface area contributed by atoms with Crippen molar-refractivity contribution in [3.05, 3.63) is 140 Å². The van der Waals surface area contributed by atoms with Crippen molar-refractivity contribution in [1.82, 2.24) is 0 Å². The van der Waals surface area contributed by atoms with E-state index in [4.69, 9.17) is 9.47 Å². The highest BCUT2D eigenvalue weighted by Crippen LogP contribution is 2.35. The topological polar surface area (TPSA) is 117 Å². The van der Waals surface area contributed by atoms with E-state index < -0.39 is 0 Å². The number of phenols is 2. The Morgan fingerprint density at radius 3 is 2.00 bits per heavy atom. The highest BCUT2D eigenvalue weighted by molar-refractivity contribution is 9.10. The number of ether oxygens (including phenoxy) is 2. The van der Waals surface area contributed by atoms with E-state index in [1.165, 1.54) is 6.92 Å². The number of rotatable bonds is 14. The molecule has 8 heteroatoms. The normalized spacial score (nSPS) is 10.4. The van der Waals surface area contributed by atoms with Crippen LogP contribution in [0.2, 0.25) is 0 Å². The largest absolute Gasteiger partial charge is 0.507 e. The van der Waals surface area contributed by atoms with Crippen molar-refractivity contribution in [3.63, 3.8) is 0 Å². The van der Waals surface area contributed by atoms with E-state index in [1.807, 2.05) is 86.6 Å². The number of halogens is 1. The molecule has 2 N–H and O–H groups in total. The quantitative estimate of drug-likeness (QED) is 0.0858. The number of benzene rings is 5. The molecular formula is C43H42BrNO6. The lowest BCUT2D eigenvalue weighted by molar-refractivity contribution is -0.107. The Bertz CT molecular complexity index is 2020. The number of nitrogens with zero attached hydrogens (tertiary/aromatic N) is 1. The van der Waals surface area contributed by atoms with Crippen LogP contribution in [-0.4, -0.2) is 22.3 Å². The highest BCUT2D eigenvalue weighted by Gasteiger charge is 2.17. The van der Waals surface area contributed by atoms with E-state index >= 15 is 0 Å². The average Bonchev–Trinajstić information content (AvgIpc) is 3.13.